The van der Waals surface area contributed by atoms with Crippen molar-refractivity contribution in [3.63, 3.8) is 0 Å². The summed E-state index contributed by atoms with van der Waals surface area (Å²) in [7, 11) is 0. The van der Waals surface area contributed by atoms with E-state index in [1.54, 1.807) is 0 Å². The zero-order chi connectivity index (χ0) is 21.5. The fourth-order valence-corrected chi connectivity index (χ4v) is 3.80. The lowest BCUT2D eigenvalue weighted by Crippen LogP contribution is -2.15. The second-order valence-electron chi connectivity index (χ2n) is 7.31. The van der Waals surface area contributed by atoms with E-state index in [0.29, 0.717) is 24.2 Å². The first kappa shape index (κ1) is 21.9. The number of rotatable bonds is 9. The predicted octanol–water partition coefficient (Wildman–Crippen LogP) is 5.04. The molecule has 1 aromatic heterocycles. The van der Waals surface area contributed by atoms with Gasteiger partial charge in [-0.15, -0.1) is 10.2 Å². The molecule has 0 aliphatic heterocycles. The lowest BCUT2D eigenvalue weighted by Gasteiger charge is -2.10. The molecule has 0 unspecified atom stereocenters. The number of ether oxygens (including phenoxy) is 1. The van der Waals surface area contributed by atoms with Crippen molar-refractivity contribution in [3.05, 3.63) is 65.5 Å². The fraction of sp³-hybridized carbons (Fsp3) is 0.348. The molecule has 2 aromatic carbocycles. The first-order valence-corrected chi connectivity index (χ1v) is 11.1. The van der Waals surface area contributed by atoms with E-state index in [9.17, 15) is 4.79 Å². The molecule has 0 bridgehead atoms. The molecule has 0 spiro atoms. The quantitative estimate of drug-likeness (QED) is 0.487. The van der Waals surface area contributed by atoms with E-state index in [4.69, 9.17) is 4.74 Å². The molecule has 0 aliphatic carbocycles. The molecule has 0 atom stereocenters. The normalized spacial score (nSPS) is 11.0. The van der Waals surface area contributed by atoms with Crippen LogP contribution in [0.2, 0.25) is 0 Å². The summed E-state index contributed by atoms with van der Waals surface area (Å²) in [6, 6.07) is 15.9. The number of carbonyl (C=O) groups is 1. The van der Waals surface area contributed by atoms with E-state index in [-0.39, 0.29) is 11.7 Å². The maximum atomic E-state index is 12.3. The minimum absolute atomic E-state index is 0.0667. The highest BCUT2D eigenvalue weighted by molar-refractivity contribution is 7.99. The monoisotopic (exact) mass is 424 g/mol. The third-order valence-corrected chi connectivity index (χ3v) is 5.74. The molecule has 1 amide bonds. The van der Waals surface area contributed by atoms with Gasteiger partial charge < -0.3 is 14.6 Å². The van der Waals surface area contributed by atoms with Crippen LogP contribution in [0.3, 0.4) is 0 Å². The zero-order valence-electron chi connectivity index (χ0n) is 17.9. The lowest BCUT2D eigenvalue weighted by atomic mass is 10.0. The zero-order valence-corrected chi connectivity index (χ0v) is 18.7. The molecule has 6 nitrogen and oxygen atoms in total. The van der Waals surface area contributed by atoms with Crippen molar-refractivity contribution in [2.75, 3.05) is 11.1 Å². The summed E-state index contributed by atoms with van der Waals surface area (Å²) >= 11 is 1.37. The molecule has 0 aliphatic rings. The molecule has 0 saturated carbocycles. The van der Waals surface area contributed by atoms with Gasteiger partial charge in [0.25, 0.3) is 0 Å². The van der Waals surface area contributed by atoms with Gasteiger partial charge >= 0.3 is 0 Å². The summed E-state index contributed by atoms with van der Waals surface area (Å²) in [6.45, 7) is 9.37. The largest absolute Gasteiger partial charge is 0.486 e. The van der Waals surface area contributed by atoms with Crippen LogP contribution in [0.1, 0.15) is 43.6 Å². The highest BCUT2D eigenvalue weighted by atomic mass is 32.2. The number of hydrogen-bond acceptors (Lipinski definition) is 5. The molecule has 1 N–H and O–H groups in total. The Labute approximate surface area is 182 Å². The van der Waals surface area contributed by atoms with Crippen molar-refractivity contribution >= 4 is 23.4 Å². The van der Waals surface area contributed by atoms with Crippen molar-refractivity contribution in [2.45, 2.75) is 51.9 Å². The molecular formula is C23H28N4O2S. The van der Waals surface area contributed by atoms with Gasteiger partial charge in [0.15, 0.2) is 11.0 Å². The minimum atomic E-state index is -0.0667. The number of aromatic nitrogens is 3. The second kappa shape index (κ2) is 10.3. The number of hydrogen-bond donors (Lipinski definition) is 1. The Morgan fingerprint density at radius 1 is 1.13 bits per heavy atom. The van der Waals surface area contributed by atoms with Crippen LogP contribution in [0.15, 0.2) is 53.7 Å². The van der Waals surface area contributed by atoms with Crippen LogP contribution in [-0.4, -0.2) is 26.4 Å². The predicted molar refractivity (Wildman–Crippen MR) is 121 cm³/mol. The molecule has 1 heterocycles. The summed E-state index contributed by atoms with van der Waals surface area (Å²) in [5.74, 6) is 2.24. The van der Waals surface area contributed by atoms with Crippen LogP contribution in [0.5, 0.6) is 5.75 Å². The van der Waals surface area contributed by atoms with Gasteiger partial charge in [-0.3, -0.25) is 4.79 Å². The summed E-state index contributed by atoms with van der Waals surface area (Å²) in [5.41, 5.74) is 3.15. The summed E-state index contributed by atoms with van der Waals surface area (Å²) < 4.78 is 7.87. The number of para-hydroxylation sites is 1. The number of carbonyl (C=O) groups excluding carboxylic acids is 1. The number of nitrogens with zero attached hydrogens (tertiary/aromatic N) is 3. The van der Waals surface area contributed by atoms with E-state index in [1.165, 1.54) is 17.3 Å². The molecule has 3 aromatic rings. The Morgan fingerprint density at radius 3 is 2.53 bits per heavy atom. The lowest BCUT2D eigenvalue weighted by molar-refractivity contribution is -0.113. The highest BCUT2D eigenvalue weighted by Gasteiger charge is 2.14. The Bertz CT molecular complexity index is 983. The molecule has 0 radical (unpaired) electrons. The van der Waals surface area contributed by atoms with Gasteiger partial charge in [-0.2, -0.15) is 0 Å². The average Bonchev–Trinajstić information content (AvgIpc) is 3.14. The molecule has 0 saturated heterocycles. The van der Waals surface area contributed by atoms with E-state index >= 15 is 0 Å². The van der Waals surface area contributed by atoms with Crippen molar-refractivity contribution in [1.29, 1.82) is 0 Å². The average molecular weight is 425 g/mol. The molecular weight excluding hydrogens is 396 g/mol. The SMILES string of the molecule is CCn1c(COc2ccc(C(C)C)cc2)nnc1SCC(=O)Nc1ccccc1C. The molecule has 7 heteroatoms. The Morgan fingerprint density at radius 2 is 1.87 bits per heavy atom. The summed E-state index contributed by atoms with van der Waals surface area (Å²) in [4.78, 5) is 12.3. The topological polar surface area (TPSA) is 69.0 Å². The molecule has 0 fully saturated rings. The Kier molecular flexibility index (Phi) is 7.52. The third-order valence-electron chi connectivity index (χ3n) is 4.78. The Balaban J connectivity index is 1.57. The maximum Gasteiger partial charge on any atom is 0.234 e. The van der Waals surface area contributed by atoms with Gasteiger partial charge in [-0.1, -0.05) is 55.9 Å². The number of amides is 1. The smallest absolute Gasteiger partial charge is 0.234 e. The van der Waals surface area contributed by atoms with Crippen molar-refractivity contribution in [1.82, 2.24) is 14.8 Å². The van der Waals surface area contributed by atoms with Crippen LogP contribution in [0, 0.1) is 6.92 Å². The third kappa shape index (κ3) is 5.63. The van der Waals surface area contributed by atoms with Gasteiger partial charge in [0.05, 0.1) is 5.75 Å². The van der Waals surface area contributed by atoms with Gasteiger partial charge in [-0.05, 0) is 49.1 Å². The first-order valence-electron chi connectivity index (χ1n) is 10.1. The second-order valence-corrected chi connectivity index (χ2v) is 8.25. The van der Waals surface area contributed by atoms with Crippen LogP contribution >= 0.6 is 11.8 Å². The summed E-state index contributed by atoms with van der Waals surface area (Å²) in [5, 5.41) is 12.2. The number of benzene rings is 2. The van der Waals surface area contributed by atoms with Crippen molar-refractivity contribution in [2.24, 2.45) is 0 Å². The van der Waals surface area contributed by atoms with E-state index in [2.05, 4.69) is 41.5 Å². The minimum Gasteiger partial charge on any atom is -0.486 e. The standard InChI is InChI=1S/C23H28N4O2S/c1-5-27-21(14-29-19-12-10-18(11-13-19)16(2)3)25-26-23(27)30-15-22(28)24-20-9-7-6-8-17(20)4/h6-13,16H,5,14-15H2,1-4H3,(H,24,28). The number of anilines is 1. The van der Waals surface area contributed by atoms with Gasteiger partial charge in [-0.25, -0.2) is 0 Å². The van der Waals surface area contributed by atoms with E-state index in [0.717, 1.165) is 22.8 Å². The number of thioether (sulfide) groups is 1. The van der Waals surface area contributed by atoms with Gasteiger partial charge in [0.1, 0.15) is 12.4 Å². The molecule has 158 valence electrons. The van der Waals surface area contributed by atoms with Gasteiger partial charge in [0.2, 0.25) is 5.91 Å². The number of aryl methyl sites for hydroxylation is 1. The van der Waals surface area contributed by atoms with Crippen LogP contribution < -0.4 is 10.1 Å². The van der Waals surface area contributed by atoms with Crippen LogP contribution in [0.4, 0.5) is 5.69 Å². The highest BCUT2D eigenvalue weighted by Crippen LogP contribution is 2.21. The Hall–Kier alpha value is -2.80. The van der Waals surface area contributed by atoms with Gasteiger partial charge in [0, 0.05) is 12.2 Å². The maximum absolute atomic E-state index is 12.3. The van der Waals surface area contributed by atoms with E-state index in [1.807, 2.05) is 54.8 Å². The molecule has 3 rings (SSSR count). The van der Waals surface area contributed by atoms with Crippen LogP contribution in [0.25, 0.3) is 0 Å². The summed E-state index contributed by atoms with van der Waals surface area (Å²) in [6.07, 6.45) is 0. The van der Waals surface area contributed by atoms with Crippen LogP contribution in [-0.2, 0) is 17.9 Å². The van der Waals surface area contributed by atoms with Crippen molar-refractivity contribution < 1.29 is 9.53 Å². The molecule has 30 heavy (non-hydrogen) atoms. The number of nitrogens with one attached hydrogen (secondary N) is 1. The van der Waals surface area contributed by atoms with E-state index < -0.39 is 0 Å². The fourth-order valence-electron chi connectivity index (χ4n) is 2.98. The first-order chi connectivity index (χ1) is 14.5. The van der Waals surface area contributed by atoms with Crippen molar-refractivity contribution in [3.8, 4) is 5.75 Å².